The molecule has 0 saturated heterocycles. The largest absolute Gasteiger partial charge is 0.350 e. The van der Waals surface area contributed by atoms with E-state index in [-0.39, 0.29) is 17.3 Å². The maximum Gasteiger partial charge on any atom is 0.128 e. The van der Waals surface area contributed by atoms with Crippen LogP contribution in [-0.2, 0) is 18.5 Å². The summed E-state index contributed by atoms with van der Waals surface area (Å²) >= 11 is 0. The quantitative estimate of drug-likeness (QED) is 0.551. The number of fused-ring (bicyclic) bond motifs is 1. The minimum absolute atomic E-state index is 0.0685. The maximum absolute atomic E-state index is 14.8. The fourth-order valence-corrected chi connectivity index (χ4v) is 4.21. The molecular formula is C25H29FN2. The van der Waals surface area contributed by atoms with Crippen LogP contribution in [0.25, 0.3) is 0 Å². The molecule has 0 spiro atoms. The summed E-state index contributed by atoms with van der Waals surface area (Å²) in [6.07, 6.45) is 3.18. The molecular weight excluding hydrogens is 347 g/mol. The first kappa shape index (κ1) is 18.9. The second-order valence-corrected chi connectivity index (χ2v) is 8.82. The molecule has 146 valence electrons. The van der Waals surface area contributed by atoms with Gasteiger partial charge in [-0.2, -0.15) is 0 Å². The number of nitrogens with zero attached hydrogens (tertiary/aromatic N) is 2. The number of hydrogen-bond acceptors (Lipinski definition) is 1. The standard InChI is InChI=1S/C25H29FN2/c1-25(2,3)20-13-11-19(12-14-20)18-28-17-7-16-27-15-6-10-23(27)24(28)21-8-4-5-9-22(21)26/h4-6,8-15,24H,7,16-18H2,1-3H3/t24-/m1/s1. The highest BCUT2D eigenvalue weighted by atomic mass is 19.1. The van der Waals surface area contributed by atoms with E-state index in [2.05, 4.69) is 72.8 Å². The van der Waals surface area contributed by atoms with Crippen molar-refractivity contribution in [3.8, 4) is 0 Å². The lowest BCUT2D eigenvalue weighted by Gasteiger charge is -2.31. The van der Waals surface area contributed by atoms with Gasteiger partial charge in [0.15, 0.2) is 0 Å². The number of hydrogen-bond donors (Lipinski definition) is 0. The molecule has 3 aromatic rings. The van der Waals surface area contributed by atoms with Gasteiger partial charge in [-0.05, 0) is 41.2 Å². The van der Waals surface area contributed by atoms with Crippen LogP contribution in [0.5, 0.6) is 0 Å². The fourth-order valence-electron chi connectivity index (χ4n) is 4.21. The van der Waals surface area contributed by atoms with Crippen LogP contribution >= 0.6 is 0 Å². The molecule has 1 aliphatic heterocycles. The zero-order valence-corrected chi connectivity index (χ0v) is 17.0. The summed E-state index contributed by atoms with van der Waals surface area (Å²) in [6.45, 7) is 9.45. The molecule has 1 aromatic heterocycles. The van der Waals surface area contributed by atoms with Crippen molar-refractivity contribution < 1.29 is 4.39 Å². The van der Waals surface area contributed by atoms with Crippen molar-refractivity contribution in [1.29, 1.82) is 0 Å². The van der Waals surface area contributed by atoms with Crippen molar-refractivity contribution in [2.75, 3.05) is 6.54 Å². The molecule has 3 heteroatoms. The molecule has 0 radical (unpaired) electrons. The second-order valence-electron chi connectivity index (χ2n) is 8.82. The van der Waals surface area contributed by atoms with E-state index in [4.69, 9.17) is 0 Å². The van der Waals surface area contributed by atoms with Gasteiger partial charge in [-0.1, -0.05) is 63.2 Å². The van der Waals surface area contributed by atoms with Gasteiger partial charge in [-0.15, -0.1) is 0 Å². The topological polar surface area (TPSA) is 8.17 Å². The number of aromatic nitrogens is 1. The Bertz CT molecular complexity index is 934. The Morgan fingerprint density at radius 2 is 1.68 bits per heavy atom. The third-order valence-corrected chi connectivity index (χ3v) is 5.76. The maximum atomic E-state index is 14.8. The number of halogens is 1. The monoisotopic (exact) mass is 376 g/mol. The molecule has 2 nitrogen and oxygen atoms in total. The highest BCUT2D eigenvalue weighted by Crippen LogP contribution is 2.34. The highest BCUT2D eigenvalue weighted by molar-refractivity contribution is 5.32. The average Bonchev–Trinajstić information content (AvgIpc) is 3.04. The predicted octanol–water partition coefficient (Wildman–Crippen LogP) is 5.92. The van der Waals surface area contributed by atoms with E-state index in [0.29, 0.717) is 0 Å². The second kappa shape index (κ2) is 7.56. The molecule has 0 saturated carbocycles. The fraction of sp³-hybridized carbons (Fsp3) is 0.360. The Balaban J connectivity index is 1.69. The lowest BCUT2D eigenvalue weighted by Crippen LogP contribution is -2.30. The lowest BCUT2D eigenvalue weighted by atomic mass is 9.86. The minimum atomic E-state index is -0.129. The van der Waals surface area contributed by atoms with Crippen LogP contribution < -0.4 is 0 Å². The third kappa shape index (κ3) is 3.77. The van der Waals surface area contributed by atoms with Crippen LogP contribution in [-0.4, -0.2) is 16.0 Å². The third-order valence-electron chi connectivity index (χ3n) is 5.76. The van der Waals surface area contributed by atoms with Gasteiger partial charge in [-0.25, -0.2) is 4.39 Å². The molecule has 0 fully saturated rings. The first-order chi connectivity index (χ1) is 13.4. The van der Waals surface area contributed by atoms with Gasteiger partial charge in [-0.3, -0.25) is 4.90 Å². The Kier molecular flexibility index (Phi) is 5.11. The van der Waals surface area contributed by atoms with Crippen LogP contribution in [0.3, 0.4) is 0 Å². The van der Waals surface area contributed by atoms with Crippen LogP contribution in [0.15, 0.2) is 66.9 Å². The molecule has 0 amide bonds. The summed E-state index contributed by atoms with van der Waals surface area (Å²) in [5.41, 5.74) is 4.70. The van der Waals surface area contributed by atoms with E-state index < -0.39 is 0 Å². The average molecular weight is 377 g/mol. The molecule has 1 atom stereocenters. The summed E-state index contributed by atoms with van der Waals surface area (Å²) < 4.78 is 17.0. The summed E-state index contributed by atoms with van der Waals surface area (Å²) in [7, 11) is 0. The van der Waals surface area contributed by atoms with Crippen molar-refractivity contribution in [2.24, 2.45) is 0 Å². The van der Waals surface area contributed by atoms with Crippen molar-refractivity contribution in [2.45, 2.75) is 51.7 Å². The Labute approximate surface area is 167 Å². The number of rotatable bonds is 3. The summed E-state index contributed by atoms with van der Waals surface area (Å²) in [5.74, 6) is -0.129. The number of benzene rings is 2. The van der Waals surface area contributed by atoms with Gasteiger partial charge in [0.1, 0.15) is 5.82 Å². The van der Waals surface area contributed by atoms with Gasteiger partial charge in [0.2, 0.25) is 0 Å². The smallest absolute Gasteiger partial charge is 0.128 e. The zero-order valence-electron chi connectivity index (χ0n) is 17.0. The van der Waals surface area contributed by atoms with E-state index in [1.165, 1.54) is 16.8 Å². The normalized spacial score (nSPS) is 17.9. The summed E-state index contributed by atoms with van der Waals surface area (Å²) in [4.78, 5) is 2.42. The predicted molar refractivity (Wildman–Crippen MR) is 113 cm³/mol. The van der Waals surface area contributed by atoms with Crippen molar-refractivity contribution in [3.63, 3.8) is 0 Å². The van der Waals surface area contributed by atoms with E-state index in [9.17, 15) is 4.39 Å². The van der Waals surface area contributed by atoms with Crippen molar-refractivity contribution in [1.82, 2.24) is 9.47 Å². The SMILES string of the molecule is CC(C)(C)c1ccc(CN2CCCn3cccc3[C@H]2c2ccccc2F)cc1. The van der Waals surface area contributed by atoms with Crippen LogP contribution in [0, 0.1) is 5.82 Å². The van der Waals surface area contributed by atoms with Crippen molar-refractivity contribution >= 4 is 0 Å². The zero-order chi connectivity index (χ0) is 19.7. The Hall–Kier alpha value is -2.39. The van der Waals surface area contributed by atoms with E-state index >= 15 is 0 Å². The summed E-state index contributed by atoms with van der Waals surface area (Å²) in [6, 6.07) is 20.3. The molecule has 0 aliphatic carbocycles. The van der Waals surface area contributed by atoms with Crippen LogP contribution in [0.2, 0.25) is 0 Å². The van der Waals surface area contributed by atoms with Gasteiger partial charge < -0.3 is 4.57 Å². The molecule has 0 unspecified atom stereocenters. The molecule has 2 aromatic carbocycles. The van der Waals surface area contributed by atoms with E-state index in [1.54, 1.807) is 12.1 Å². The molecule has 4 rings (SSSR count). The van der Waals surface area contributed by atoms with Gasteiger partial charge in [0, 0.05) is 37.1 Å². The minimum Gasteiger partial charge on any atom is -0.350 e. The molecule has 2 heterocycles. The molecule has 0 N–H and O–H groups in total. The molecule has 0 bridgehead atoms. The first-order valence-electron chi connectivity index (χ1n) is 10.2. The van der Waals surface area contributed by atoms with E-state index in [0.717, 1.165) is 31.6 Å². The Morgan fingerprint density at radius 3 is 2.39 bits per heavy atom. The van der Waals surface area contributed by atoms with Crippen LogP contribution in [0.1, 0.15) is 55.6 Å². The first-order valence-corrected chi connectivity index (χ1v) is 10.2. The van der Waals surface area contributed by atoms with Crippen molar-refractivity contribution in [3.05, 3.63) is 95.1 Å². The Morgan fingerprint density at radius 1 is 0.929 bits per heavy atom. The molecule has 28 heavy (non-hydrogen) atoms. The van der Waals surface area contributed by atoms with Gasteiger partial charge >= 0.3 is 0 Å². The van der Waals surface area contributed by atoms with E-state index in [1.807, 2.05) is 12.1 Å². The van der Waals surface area contributed by atoms with Crippen LogP contribution in [0.4, 0.5) is 4.39 Å². The molecule has 1 aliphatic rings. The van der Waals surface area contributed by atoms with Gasteiger partial charge in [0.05, 0.1) is 6.04 Å². The number of aryl methyl sites for hydroxylation is 1. The van der Waals surface area contributed by atoms with Gasteiger partial charge in [0.25, 0.3) is 0 Å². The highest BCUT2D eigenvalue weighted by Gasteiger charge is 2.29. The summed E-state index contributed by atoms with van der Waals surface area (Å²) in [5, 5.41) is 0. The lowest BCUT2D eigenvalue weighted by molar-refractivity contribution is 0.216.